The highest BCUT2D eigenvalue weighted by Gasteiger charge is 2.63. The molecular formula is C32H32N6O2. The minimum atomic E-state index is -0.165. The molecule has 40 heavy (non-hydrogen) atoms. The molecule has 0 bridgehead atoms. The highest BCUT2D eigenvalue weighted by Crippen LogP contribution is 2.70. The zero-order valence-corrected chi connectivity index (χ0v) is 22.6. The summed E-state index contributed by atoms with van der Waals surface area (Å²) in [6.07, 6.45) is 10.8. The van der Waals surface area contributed by atoms with Gasteiger partial charge in [-0.05, 0) is 73.1 Å². The van der Waals surface area contributed by atoms with E-state index in [1.54, 1.807) is 6.33 Å². The van der Waals surface area contributed by atoms with E-state index in [0.717, 1.165) is 53.8 Å². The van der Waals surface area contributed by atoms with Crippen LogP contribution in [0.5, 0.6) is 0 Å². The Morgan fingerprint density at radius 3 is 2.60 bits per heavy atom. The molecule has 1 N–H and O–H groups in total. The molecule has 0 unspecified atom stereocenters. The smallest absolute Gasteiger partial charge is 0.281 e. The normalized spacial score (nSPS) is 18.7. The van der Waals surface area contributed by atoms with Gasteiger partial charge in [0, 0.05) is 24.5 Å². The van der Waals surface area contributed by atoms with Gasteiger partial charge in [-0.15, -0.1) is 10.2 Å². The number of fused-ring (bicyclic) bond motifs is 1. The lowest BCUT2D eigenvalue weighted by Gasteiger charge is -2.48. The fourth-order valence-electron chi connectivity index (χ4n) is 6.88. The average Bonchev–Trinajstić information content (AvgIpc) is 3.87. The second-order valence-electron chi connectivity index (χ2n) is 12.2. The molecule has 0 radical (unpaired) electrons. The van der Waals surface area contributed by atoms with Gasteiger partial charge in [0.15, 0.2) is 0 Å². The van der Waals surface area contributed by atoms with Gasteiger partial charge < -0.3 is 14.3 Å². The lowest BCUT2D eigenvalue weighted by atomic mass is 9.56. The molecule has 8 nitrogen and oxygen atoms in total. The number of aromatic nitrogens is 6. The first-order valence-corrected chi connectivity index (χ1v) is 14.2. The van der Waals surface area contributed by atoms with E-state index in [9.17, 15) is 4.79 Å². The van der Waals surface area contributed by atoms with E-state index in [1.165, 1.54) is 18.4 Å². The topological polar surface area (TPSA) is 90.6 Å². The van der Waals surface area contributed by atoms with E-state index in [2.05, 4.69) is 37.9 Å². The van der Waals surface area contributed by atoms with Crippen LogP contribution in [0.25, 0.3) is 16.7 Å². The first-order valence-electron chi connectivity index (χ1n) is 14.2. The van der Waals surface area contributed by atoms with E-state index < -0.39 is 0 Å². The second-order valence-corrected chi connectivity index (χ2v) is 12.2. The van der Waals surface area contributed by atoms with Crippen LogP contribution in [0.15, 0.2) is 71.9 Å². The van der Waals surface area contributed by atoms with Crippen LogP contribution in [0.4, 0.5) is 0 Å². The Labute approximate surface area is 232 Å². The highest BCUT2D eigenvalue weighted by atomic mass is 16.5. The van der Waals surface area contributed by atoms with Crippen molar-refractivity contribution in [2.24, 2.45) is 12.5 Å². The molecule has 3 aliphatic carbocycles. The third-order valence-electron chi connectivity index (χ3n) is 9.22. The van der Waals surface area contributed by atoms with Crippen molar-refractivity contribution in [3.63, 3.8) is 0 Å². The molecule has 0 aliphatic heterocycles. The van der Waals surface area contributed by atoms with Crippen molar-refractivity contribution in [2.45, 2.75) is 63.1 Å². The molecule has 1 spiro atoms. The molecule has 3 aromatic heterocycles. The first kappa shape index (κ1) is 23.8. The second kappa shape index (κ2) is 8.73. The van der Waals surface area contributed by atoms with Crippen molar-refractivity contribution >= 4 is 11.0 Å². The van der Waals surface area contributed by atoms with Crippen molar-refractivity contribution in [1.29, 1.82) is 0 Å². The van der Waals surface area contributed by atoms with Gasteiger partial charge in [0.25, 0.3) is 5.56 Å². The summed E-state index contributed by atoms with van der Waals surface area (Å²) in [6.45, 7) is 0.823. The summed E-state index contributed by atoms with van der Waals surface area (Å²) >= 11 is 0. The Morgan fingerprint density at radius 2 is 1.88 bits per heavy atom. The number of rotatable bonds is 8. The molecule has 8 heteroatoms. The Morgan fingerprint density at radius 1 is 1.05 bits per heavy atom. The van der Waals surface area contributed by atoms with Crippen molar-refractivity contribution in [2.75, 3.05) is 0 Å². The van der Waals surface area contributed by atoms with Gasteiger partial charge in [-0.3, -0.25) is 9.36 Å². The number of ether oxygens (including phenoxy) is 1. The molecule has 5 aromatic rings. The first-order chi connectivity index (χ1) is 19.5. The van der Waals surface area contributed by atoms with Gasteiger partial charge in [0.1, 0.15) is 30.1 Å². The van der Waals surface area contributed by atoms with Crippen LogP contribution in [-0.2, 0) is 30.4 Å². The molecule has 3 saturated carbocycles. The van der Waals surface area contributed by atoms with Gasteiger partial charge in [0.2, 0.25) is 0 Å². The molecule has 2 aromatic carbocycles. The Kier molecular flexibility index (Phi) is 5.20. The van der Waals surface area contributed by atoms with E-state index in [4.69, 9.17) is 9.72 Å². The summed E-state index contributed by atoms with van der Waals surface area (Å²) in [7, 11) is 2.03. The molecular weight excluding hydrogens is 500 g/mol. The van der Waals surface area contributed by atoms with Crippen LogP contribution in [0.3, 0.4) is 0 Å². The third kappa shape index (κ3) is 3.84. The predicted octanol–water partition coefficient (Wildman–Crippen LogP) is 5.30. The van der Waals surface area contributed by atoms with Crippen molar-refractivity contribution in [3.8, 4) is 5.69 Å². The maximum atomic E-state index is 13.9. The Hall–Kier alpha value is -4.04. The fraction of sp³-hybridized carbons (Fsp3) is 0.375. The minimum Gasteiger partial charge on any atom is -0.369 e. The third-order valence-corrected chi connectivity index (χ3v) is 9.22. The van der Waals surface area contributed by atoms with E-state index in [1.807, 2.05) is 54.2 Å². The maximum Gasteiger partial charge on any atom is 0.281 e. The summed E-state index contributed by atoms with van der Waals surface area (Å²) in [5.41, 5.74) is 5.87. The summed E-state index contributed by atoms with van der Waals surface area (Å²) in [5, 5.41) is 8.76. The Balaban J connectivity index is 1.16. The molecule has 202 valence electrons. The van der Waals surface area contributed by atoms with Crippen LogP contribution in [0.2, 0.25) is 0 Å². The van der Waals surface area contributed by atoms with E-state index >= 15 is 0 Å². The van der Waals surface area contributed by atoms with Crippen LogP contribution in [0, 0.1) is 5.41 Å². The van der Waals surface area contributed by atoms with Gasteiger partial charge in [0.05, 0.1) is 17.5 Å². The summed E-state index contributed by atoms with van der Waals surface area (Å²) in [5.74, 6) is 2.13. The minimum absolute atomic E-state index is 0.0849. The van der Waals surface area contributed by atoms with Crippen molar-refractivity contribution in [1.82, 2.24) is 29.3 Å². The molecule has 0 amide bonds. The molecule has 0 atom stereocenters. The number of hydrogen-bond acceptors (Lipinski definition) is 5. The summed E-state index contributed by atoms with van der Waals surface area (Å²) < 4.78 is 9.79. The van der Waals surface area contributed by atoms with Crippen molar-refractivity contribution in [3.05, 3.63) is 106 Å². The van der Waals surface area contributed by atoms with Crippen LogP contribution < -0.4 is 5.56 Å². The van der Waals surface area contributed by atoms with E-state index in [-0.39, 0.29) is 11.0 Å². The molecule has 3 heterocycles. The van der Waals surface area contributed by atoms with Crippen LogP contribution in [0.1, 0.15) is 72.8 Å². The number of imidazole rings is 1. The van der Waals surface area contributed by atoms with Gasteiger partial charge in [-0.25, -0.2) is 4.98 Å². The number of benzene rings is 2. The molecule has 8 rings (SSSR count). The summed E-state index contributed by atoms with van der Waals surface area (Å²) in [4.78, 5) is 22.0. The van der Waals surface area contributed by atoms with Gasteiger partial charge in [-0.1, -0.05) is 42.5 Å². The quantitative estimate of drug-likeness (QED) is 0.293. The SMILES string of the molecule is Cn1cnnc1C1(c2cccc(-n3cc(C4CC4)c4nc(COCc5ccccc5)[nH]c4c3=O)c2)CC2(CC2)C1. The average molecular weight is 533 g/mol. The molecule has 3 aliphatic rings. The van der Waals surface area contributed by atoms with Gasteiger partial charge in [-0.2, -0.15) is 0 Å². The fourth-order valence-corrected chi connectivity index (χ4v) is 6.88. The van der Waals surface area contributed by atoms with Crippen LogP contribution >= 0.6 is 0 Å². The lowest BCUT2D eigenvalue weighted by Crippen LogP contribution is -2.45. The molecule has 3 fully saturated rings. The summed E-state index contributed by atoms with van der Waals surface area (Å²) in [6, 6.07) is 18.6. The van der Waals surface area contributed by atoms with Crippen molar-refractivity contribution < 1.29 is 4.74 Å². The zero-order chi connectivity index (χ0) is 26.9. The number of aryl methyl sites for hydroxylation is 1. The van der Waals surface area contributed by atoms with Crippen LogP contribution in [-0.4, -0.2) is 29.3 Å². The number of aromatic amines is 1. The standard InChI is InChI=1S/C32H32N6O2/c1-37-20-33-36-30(37)32(18-31(19-32)12-13-31)23-8-5-9-24(14-23)38-15-25(22-10-11-22)27-28(29(38)39)35-26(34-27)17-40-16-21-6-3-2-4-7-21/h2-9,14-15,20,22H,10-13,16-19H2,1H3,(H,34,35). The highest BCUT2D eigenvalue weighted by molar-refractivity contribution is 5.79. The number of nitrogens with zero attached hydrogens (tertiary/aromatic N) is 5. The predicted molar refractivity (Wildman–Crippen MR) is 151 cm³/mol. The monoisotopic (exact) mass is 532 g/mol. The lowest BCUT2D eigenvalue weighted by molar-refractivity contribution is 0.102. The number of nitrogens with one attached hydrogen (secondary N) is 1. The largest absolute Gasteiger partial charge is 0.369 e. The Bertz CT molecular complexity index is 1780. The number of pyridine rings is 1. The maximum absolute atomic E-state index is 13.9. The number of hydrogen-bond donors (Lipinski definition) is 1. The number of H-pyrrole nitrogens is 1. The van der Waals surface area contributed by atoms with E-state index in [0.29, 0.717) is 35.9 Å². The zero-order valence-electron chi connectivity index (χ0n) is 22.6. The van der Waals surface area contributed by atoms with Gasteiger partial charge >= 0.3 is 0 Å². The molecule has 0 saturated heterocycles.